The monoisotopic (exact) mass is 356 g/mol. The van der Waals surface area contributed by atoms with Gasteiger partial charge in [-0.05, 0) is 24.6 Å². The highest BCUT2D eigenvalue weighted by Gasteiger charge is 2.19. The first kappa shape index (κ1) is 17.7. The molecule has 0 radical (unpaired) electrons. The Kier molecular flexibility index (Phi) is 5.60. The van der Waals surface area contributed by atoms with Gasteiger partial charge in [-0.1, -0.05) is 0 Å². The lowest BCUT2D eigenvalue weighted by Crippen LogP contribution is -2.09. The summed E-state index contributed by atoms with van der Waals surface area (Å²) in [5.41, 5.74) is -0.252. The number of carbonyl (C=O) groups is 1. The minimum atomic E-state index is -4.19. The first-order valence-corrected chi connectivity index (χ1v) is 10.0. The van der Waals surface area contributed by atoms with Gasteiger partial charge in [0.05, 0.1) is 17.9 Å². The summed E-state index contributed by atoms with van der Waals surface area (Å²) in [7, 11) is -2.10. The normalized spacial score (nSPS) is 12.1. The van der Waals surface area contributed by atoms with Crippen LogP contribution in [0, 0.1) is 0 Å². The van der Waals surface area contributed by atoms with E-state index in [-0.39, 0.29) is 30.1 Å². The maximum Gasteiger partial charge on any atom is 0.335 e. The average Bonchev–Trinajstić information content (AvgIpc) is 2.32. The zero-order valence-electron chi connectivity index (χ0n) is 10.9. The van der Waals surface area contributed by atoms with Crippen molar-refractivity contribution in [2.24, 2.45) is 0 Å². The molecule has 0 saturated heterocycles. The average molecular weight is 357 g/mol. The molecule has 0 unspecified atom stereocenters. The predicted molar refractivity (Wildman–Crippen MR) is 76.3 cm³/mol. The summed E-state index contributed by atoms with van der Waals surface area (Å²) in [4.78, 5) is 10.3. The van der Waals surface area contributed by atoms with E-state index in [1.807, 2.05) is 0 Å². The second-order valence-electron chi connectivity index (χ2n) is 4.24. The Labute approximate surface area is 126 Å². The maximum atomic E-state index is 11.4. The molecule has 1 N–H and O–H groups in total. The molecule has 118 valence electrons. The van der Waals surface area contributed by atoms with Crippen LogP contribution in [0.4, 0.5) is 0 Å². The van der Waals surface area contributed by atoms with Crippen LogP contribution in [0.25, 0.3) is 0 Å². The Morgan fingerprint density at radius 1 is 1.29 bits per heavy atom. The molecule has 0 amide bonds. The molecule has 0 saturated carbocycles. The van der Waals surface area contributed by atoms with Crippen molar-refractivity contribution in [2.45, 2.75) is 11.3 Å². The van der Waals surface area contributed by atoms with Gasteiger partial charge in [-0.3, -0.25) is 0 Å². The fourth-order valence-corrected chi connectivity index (χ4v) is 3.09. The van der Waals surface area contributed by atoms with Crippen LogP contribution in [0.1, 0.15) is 16.8 Å². The Balaban J connectivity index is 2.94. The van der Waals surface area contributed by atoms with Gasteiger partial charge in [-0.15, -0.1) is 0 Å². The van der Waals surface area contributed by atoms with Crippen LogP contribution in [0.15, 0.2) is 23.1 Å². The number of halogens is 1. The van der Waals surface area contributed by atoms with Gasteiger partial charge in [0, 0.05) is 16.9 Å². The van der Waals surface area contributed by atoms with Gasteiger partial charge in [0.2, 0.25) is 0 Å². The van der Waals surface area contributed by atoms with Crippen molar-refractivity contribution >= 4 is 35.5 Å². The number of sulfone groups is 1. The van der Waals surface area contributed by atoms with E-state index < -0.39 is 29.8 Å². The molecular formula is C11H13ClO7S2. The van der Waals surface area contributed by atoms with Crippen LogP contribution in [0.2, 0.25) is 0 Å². The van der Waals surface area contributed by atoms with Gasteiger partial charge >= 0.3 is 5.97 Å². The van der Waals surface area contributed by atoms with E-state index >= 15 is 0 Å². The molecule has 0 aromatic heterocycles. The summed E-state index contributed by atoms with van der Waals surface area (Å²) in [5.74, 6) is -1.54. The van der Waals surface area contributed by atoms with E-state index in [9.17, 15) is 21.6 Å². The molecule has 0 aliphatic carbocycles. The Morgan fingerprint density at radius 2 is 1.90 bits per heavy atom. The smallest absolute Gasteiger partial charge is 0.335 e. The number of carboxylic acid groups (broad SMARTS) is 1. The molecule has 0 aliphatic rings. The third-order valence-electron chi connectivity index (χ3n) is 2.37. The van der Waals surface area contributed by atoms with Crippen molar-refractivity contribution in [3.05, 3.63) is 23.8 Å². The quantitative estimate of drug-likeness (QED) is 0.575. The molecular weight excluding hydrogens is 344 g/mol. The minimum Gasteiger partial charge on any atom is -0.492 e. The van der Waals surface area contributed by atoms with E-state index in [0.717, 1.165) is 12.3 Å². The van der Waals surface area contributed by atoms with Crippen LogP contribution >= 0.6 is 10.7 Å². The van der Waals surface area contributed by atoms with Gasteiger partial charge in [0.25, 0.3) is 9.05 Å². The van der Waals surface area contributed by atoms with Gasteiger partial charge in [0.1, 0.15) is 20.5 Å². The van der Waals surface area contributed by atoms with Crippen molar-refractivity contribution in [3.63, 3.8) is 0 Å². The van der Waals surface area contributed by atoms with Gasteiger partial charge in [-0.25, -0.2) is 21.6 Å². The lowest BCUT2D eigenvalue weighted by atomic mass is 10.2. The van der Waals surface area contributed by atoms with E-state index in [0.29, 0.717) is 0 Å². The highest BCUT2D eigenvalue weighted by atomic mass is 35.7. The summed E-state index contributed by atoms with van der Waals surface area (Å²) in [6.45, 7) is -0.0428. The summed E-state index contributed by atoms with van der Waals surface area (Å²) >= 11 is 0. The van der Waals surface area contributed by atoms with Crippen LogP contribution in [0.3, 0.4) is 0 Å². The lowest BCUT2D eigenvalue weighted by molar-refractivity contribution is 0.0696. The minimum absolute atomic E-state index is 0.0428. The standard InChI is InChI=1S/C11H13ClO7S2/c1-20(15,16)6-2-5-19-9-4-3-8(11(13)14)7-10(9)21(12,17)18/h3-4,7H,2,5-6H2,1H3,(H,13,14). The van der Waals surface area contributed by atoms with Gasteiger partial charge in [0.15, 0.2) is 0 Å². The van der Waals surface area contributed by atoms with Crippen molar-refractivity contribution in [3.8, 4) is 5.75 Å². The van der Waals surface area contributed by atoms with Crippen LogP contribution < -0.4 is 4.74 Å². The third kappa shape index (κ3) is 5.90. The number of ether oxygens (including phenoxy) is 1. The highest BCUT2D eigenvalue weighted by molar-refractivity contribution is 8.13. The molecule has 0 bridgehead atoms. The zero-order chi connectivity index (χ0) is 16.3. The zero-order valence-corrected chi connectivity index (χ0v) is 13.3. The molecule has 10 heteroatoms. The maximum absolute atomic E-state index is 11.4. The molecule has 0 spiro atoms. The van der Waals surface area contributed by atoms with Crippen LogP contribution in [0.5, 0.6) is 5.75 Å². The van der Waals surface area contributed by atoms with E-state index in [1.165, 1.54) is 12.1 Å². The van der Waals surface area contributed by atoms with Crippen LogP contribution in [-0.4, -0.2) is 46.5 Å². The van der Waals surface area contributed by atoms with E-state index in [4.69, 9.17) is 20.5 Å². The predicted octanol–water partition coefficient (Wildman–Crippen LogP) is 1.13. The van der Waals surface area contributed by atoms with Crippen molar-refractivity contribution in [1.82, 2.24) is 0 Å². The van der Waals surface area contributed by atoms with E-state index in [2.05, 4.69) is 0 Å². The summed E-state index contributed by atoms with van der Waals surface area (Å²) in [6.07, 6.45) is 1.24. The number of hydrogen-bond acceptors (Lipinski definition) is 6. The summed E-state index contributed by atoms with van der Waals surface area (Å²) in [5, 5.41) is 8.82. The summed E-state index contributed by atoms with van der Waals surface area (Å²) in [6, 6.07) is 3.22. The lowest BCUT2D eigenvalue weighted by Gasteiger charge is -2.10. The van der Waals surface area contributed by atoms with Crippen molar-refractivity contribution < 1.29 is 31.5 Å². The largest absolute Gasteiger partial charge is 0.492 e. The van der Waals surface area contributed by atoms with Crippen molar-refractivity contribution in [2.75, 3.05) is 18.6 Å². The van der Waals surface area contributed by atoms with Gasteiger partial charge in [-0.2, -0.15) is 0 Å². The molecule has 0 aliphatic heterocycles. The third-order valence-corrected chi connectivity index (χ3v) is 4.74. The Hall–Kier alpha value is -1.32. The second-order valence-corrected chi connectivity index (χ2v) is 9.03. The van der Waals surface area contributed by atoms with E-state index in [1.54, 1.807) is 0 Å². The molecule has 0 fully saturated rings. The topological polar surface area (TPSA) is 115 Å². The fraction of sp³-hybridized carbons (Fsp3) is 0.364. The summed E-state index contributed by atoms with van der Waals surface area (Å²) < 4.78 is 49.9. The van der Waals surface area contributed by atoms with Crippen LogP contribution in [-0.2, 0) is 18.9 Å². The first-order chi connectivity index (χ1) is 9.50. The second kappa shape index (κ2) is 6.63. The fourth-order valence-electron chi connectivity index (χ4n) is 1.45. The molecule has 7 nitrogen and oxygen atoms in total. The number of carboxylic acids is 1. The first-order valence-electron chi connectivity index (χ1n) is 5.63. The number of benzene rings is 1. The molecule has 1 aromatic rings. The molecule has 0 heterocycles. The van der Waals surface area contributed by atoms with Crippen molar-refractivity contribution in [1.29, 1.82) is 0 Å². The Morgan fingerprint density at radius 3 is 2.38 bits per heavy atom. The number of rotatable bonds is 7. The van der Waals surface area contributed by atoms with Gasteiger partial charge < -0.3 is 9.84 Å². The molecule has 0 atom stereocenters. The molecule has 21 heavy (non-hydrogen) atoms. The SMILES string of the molecule is CS(=O)(=O)CCCOc1ccc(C(=O)O)cc1S(=O)(=O)Cl. The Bertz CT molecular complexity index is 738. The number of aromatic carboxylic acids is 1. The molecule has 1 aromatic carbocycles. The number of hydrogen-bond donors (Lipinski definition) is 1. The highest BCUT2D eigenvalue weighted by Crippen LogP contribution is 2.28. The molecule has 1 rings (SSSR count).